The summed E-state index contributed by atoms with van der Waals surface area (Å²) in [6.45, 7) is 0.852. The first kappa shape index (κ1) is 16.4. The normalized spacial score (nSPS) is 10.4. The maximum atomic E-state index is 12.5. The lowest BCUT2D eigenvalue weighted by Crippen LogP contribution is -2.32. The third-order valence-electron chi connectivity index (χ3n) is 3.20. The van der Waals surface area contributed by atoms with Crippen LogP contribution in [0, 0.1) is 11.3 Å². The van der Waals surface area contributed by atoms with Gasteiger partial charge in [0.1, 0.15) is 0 Å². The quantitative estimate of drug-likeness (QED) is 0.770. The molecule has 0 aliphatic carbocycles. The van der Waals surface area contributed by atoms with Gasteiger partial charge in [0.25, 0.3) is 5.91 Å². The Labute approximate surface area is 135 Å². The number of aromatic nitrogens is 1. The second-order valence-electron chi connectivity index (χ2n) is 4.76. The van der Waals surface area contributed by atoms with E-state index in [0.29, 0.717) is 18.7 Å². The number of carbonyl (C=O) groups excluding carboxylic acids is 1. The Hall–Kier alpha value is -2.97. The number of rotatable bonds is 6. The summed E-state index contributed by atoms with van der Waals surface area (Å²) in [6.07, 6.45) is 6.59. The molecule has 2 aromatic rings. The van der Waals surface area contributed by atoms with E-state index < -0.39 is 0 Å². The van der Waals surface area contributed by atoms with Crippen LogP contribution in [-0.2, 0) is 9.53 Å². The summed E-state index contributed by atoms with van der Waals surface area (Å²) in [6, 6.07) is 12.6. The SMILES string of the molecule is COCCN(C(=O)C=Cc1cccnc1)c1ccc(C#N)cc1. The summed E-state index contributed by atoms with van der Waals surface area (Å²) in [5.74, 6) is -0.157. The summed E-state index contributed by atoms with van der Waals surface area (Å²) in [5, 5.41) is 8.86. The fourth-order valence-corrected chi connectivity index (χ4v) is 2.00. The Kier molecular flexibility index (Phi) is 6.04. The van der Waals surface area contributed by atoms with Crippen molar-refractivity contribution in [1.82, 2.24) is 4.98 Å². The molecule has 1 aromatic heterocycles. The number of ether oxygens (including phenoxy) is 1. The first-order valence-corrected chi connectivity index (χ1v) is 7.13. The minimum absolute atomic E-state index is 0.157. The van der Waals surface area contributed by atoms with E-state index in [9.17, 15) is 4.79 Å². The number of pyridine rings is 1. The average molecular weight is 307 g/mol. The van der Waals surface area contributed by atoms with E-state index in [-0.39, 0.29) is 5.91 Å². The molecule has 1 aromatic carbocycles. The van der Waals surface area contributed by atoms with Crippen LogP contribution in [0.25, 0.3) is 6.08 Å². The summed E-state index contributed by atoms with van der Waals surface area (Å²) in [5.41, 5.74) is 2.13. The van der Waals surface area contributed by atoms with Gasteiger partial charge in [-0.05, 0) is 42.0 Å². The van der Waals surface area contributed by atoms with Crippen LogP contribution in [0.15, 0.2) is 54.9 Å². The van der Waals surface area contributed by atoms with Crippen molar-refractivity contribution in [3.05, 3.63) is 66.0 Å². The third kappa shape index (κ3) is 4.77. The average Bonchev–Trinajstić information content (AvgIpc) is 2.61. The van der Waals surface area contributed by atoms with Gasteiger partial charge in [-0.2, -0.15) is 5.26 Å². The van der Waals surface area contributed by atoms with Gasteiger partial charge >= 0.3 is 0 Å². The van der Waals surface area contributed by atoms with Crippen molar-refractivity contribution < 1.29 is 9.53 Å². The highest BCUT2D eigenvalue weighted by Crippen LogP contribution is 2.16. The molecule has 0 saturated heterocycles. The van der Waals surface area contributed by atoms with Gasteiger partial charge in [0.15, 0.2) is 0 Å². The van der Waals surface area contributed by atoms with Gasteiger partial charge in [0, 0.05) is 37.8 Å². The van der Waals surface area contributed by atoms with Gasteiger partial charge in [0.2, 0.25) is 0 Å². The Morgan fingerprint density at radius 2 is 2.13 bits per heavy atom. The Bertz CT molecular complexity index is 703. The maximum Gasteiger partial charge on any atom is 0.251 e. The molecule has 0 unspecified atom stereocenters. The van der Waals surface area contributed by atoms with Crippen molar-refractivity contribution in [2.75, 3.05) is 25.2 Å². The summed E-state index contributed by atoms with van der Waals surface area (Å²) in [4.78, 5) is 18.1. The number of amides is 1. The fourth-order valence-electron chi connectivity index (χ4n) is 2.00. The molecule has 0 radical (unpaired) electrons. The van der Waals surface area contributed by atoms with E-state index in [1.165, 1.54) is 6.08 Å². The molecule has 0 bridgehead atoms. The third-order valence-corrected chi connectivity index (χ3v) is 3.20. The predicted octanol–water partition coefficient (Wildman–Crippen LogP) is 2.65. The van der Waals surface area contributed by atoms with E-state index in [1.54, 1.807) is 54.7 Å². The van der Waals surface area contributed by atoms with E-state index in [1.807, 2.05) is 12.1 Å². The number of methoxy groups -OCH3 is 1. The molecule has 5 nitrogen and oxygen atoms in total. The zero-order chi connectivity index (χ0) is 16.5. The molecule has 1 heterocycles. The monoisotopic (exact) mass is 307 g/mol. The fraction of sp³-hybridized carbons (Fsp3) is 0.167. The smallest absolute Gasteiger partial charge is 0.251 e. The zero-order valence-electron chi connectivity index (χ0n) is 12.8. The van der Waals surface area contributed by atoms with Crippen molar-refractivity contribution in [3.63, 3.8) is 0 Å². The van der Waals surface area contributed by atoms with Crippen LogP contribution in [0.1, 0.15) is 11.1 Å². The number of hydrogen-bond donors (Lipinski definition) is 0. The first-order valence-electron chi connectivity index (χ1n) is 7.13. The van der Waals surface area contributed by atoms with Gasteiger partial charge in [-0.1, -0.05) is 6.07 Å². The molecular weight excluding hydrogens is 290 g/mol. The highest BCUT2D eigenvalue weighted by atomic mass is 16.5. The molecule has 0 spiro atoms. The maximum absolute atomic E-state index is 12.5. The van der Waals surface area contributed by atoms with Crippen LogP contribution in [0.2, 0.25) is 0 Å². The second kappa shape index (κ2) is 8.47. The first-order chi connectivity index (χ1) is 11.2. The molecule has 0 atom stereocenters. The Morgan fingerprint density at radius 1 is 1.35 bits per heavy atom. The summed E-state index contributed by atoms with van der Waals surface area (Å²) in [7, 11) is 1.59. The highest BCUT2D eigenvalue weighted by Gasteiger charge is 2.13. The number of hydrogen-bond acceptors (Lipinski definition) is 4. The van der Waals surface area contributed by atoms with E-state index in [2.05, 4.69) is 11.1 Å². The van der Waals surface area contributed by atoms with E-state index >= 15 is 0 Å². The molecule has 0 N–H and O–H groups in total. The molecule has 0 fully saturated rings. The molecule has 5 heteroatoms. The largest absolute Gasteiger partial charge is 0.383 e. The van der Waals surface area contributed by atoms with Crippen LogP contribution in [0.3, 0.4) is 0 Å². The van der Waals surface area contributed by atoms with Crippen molar-refractivity contribution in [2.24, 2.45) is 0 Å². The molecule has 23 heavy (non-hydrogen) atoms. The number of nitriles is 1. The number of carbonyl (C=O) groups is 1. The van der Waals surface area contributed by atoms with Crippen LogP contribution in [0.4, 0.5) is 5.69 Å². The van der Waals surface area contributed by atoms with Gasteiger partial charge in [-0.25, -0.2) is 0 Å². The number of nitrogens with zero attached hydrogens (tertiary/aromatic N) is 3. The minimum atomic E-state index is -0.157. The van der Waals surface area contributed by atoms with Gasteiger partial charge in [-0.3, -0.25) is 9.78 Å². The molecule has 0 aliphatic heterocycles. The highest BCUT2D eigenvalue weighted by molar-refractivity contribution is 6.03. The molecule has 0 aliphatic rings. The molecule has 1 amide bonds. The van der Waals surface area contributed by atoms with E-state index in [4.69, 9.17) is 10.00 Å². The summed E-state index contributed by atoms with van der Waals surface area (Å²) < 4.78 is 5.07. The van der Waals surface area contributed by atoms with E-state index in [0.717, 1.165) is 11.3 Å². The van der Waals surface area contributed by atoms with Crippen LogP contribution >= 0.6 is 0 Å². The zero-order valence-corrected chi connectivity index (χ0v) is 12.8. The van der Waals surface area contributed by atoms with Crippen LogP contribution < -0.4 is 4.90 Å². The standard InChI is InChI=1S/C18H17N3O2/c1-23-12-11-21(17-7-4-15(13-19)5-8-17)18(22)9-6-16-3-2-10-20-14-16/h2-10,14H,11-12H2,1H3. The van der Waals surface area contributed by atoms with Crippen molar-refractivity contribution >= 4 is 17.7 Å². The van der Waals surface area contributed by atoms with Gasteiger partial charge < -0.3 is 9.64 Å². The second-order valence-corrected chi connectivity index (χ2v) is 4.76. The minimum Gasteiger partial charge on any atom is -0.383 e. The van der Waals surface area contributed by atoms with Crippen molar-refractivity contribution in [2.45, 2.75) is 0 Å². The Morgan fingerprint density at radius 3 is 2.74 bits per heavy atom. The molecular formula is C18H17N3O2. The lowest BCUT2D eigenvalue weighted by molar-refractivity contribution is -0.114. The summed E-state index contributed by atoms with van der Waals surface area (Å²) >= 11 is 0. The molecule has 0 saturated carbocycles. The number of anilines is 1. The van der Waals surface area contributed by atoms with Gasteiger partial charge in [-0.15, -0.1) is 0 Å². The number of benzene rings is 1. The van der Waals surface area contributed by atoms with Crippen LogP contribution in [0.5, 0.6) is 0 Å². The topological polar surface area (TPSA) is 66.2 Å². The van der Waals surface area contributed by atoms with Crippen LogP contribution in [-0.4, -0.2) is 31.2 Å². The molecule has 2 rings (SSSR count). The van der Waals surface area contributed by atoms with Crippen molar-refractivity contribution in [3.8, 4) is 6.07 Å². The van der Waals surface area contributed by atoms with Gasteiger partial charge in [0.05, 0.1) is 18.2 Å². The Balaban J connectivity index is 2.18. The molecule has 116 valence electrons. The van der Waals surface area contributed by atoms with Crippen molar-refractivity contribution in [1.29, 1.82) is 5.26 Å². The lowest BCUT2D eigenvalue weighted by Gasteiger charge is -2.21. The lowest BCUT2D eigenvalue weighted by atomic mass is 10.2. The predicted molar refractivity (Wildman–Crippen MR) is 88.7 cm³/mol.